The van der Waals surface area contributed by atoms with Gasteiger partial charge in [-0.25, -0.2) is 8.42 Å². The second-order valence-corrected chi connectivity index (χ2v) is 13.0. The molecule has 1 saturated heterocycles. The predicted molar refractivity (Wildman–Crippen MR) is 152 cm³/mol. The quantitative estimate of drug-likeness (QED) is 0.224. The zero-order valence-electron chi connectivity index (χ0n) is 22.7. The van der Waals surface area contributed by atoms with Crippen LogP contribution in [0.25, 0.3) is 10.1 Å². The summed E-state index contributed by atoms with van der Waals surface area (Å²) in [5.41, 5.74) is 1.16. The molecule has 0 spiro atoms. The molecule has 0 saturated carbocycles. The molecule has 0 radical (unpaired) electrons. The number of hydrogen-bond acceptors (Lipinski definition) is 7. The lowest BCUT2D eigenvalue weighted by molar-refractivity contribution is -0.147. The Balaban J connectivity index is 1.54. The normalized spacial score (nSPS) is 15.3. The number of sulfone groups is 1. The van der Waals surface area contributed by atoms with Crippen molar-refractivity contribution < 1.29 is 39.5 Å². The highest BCUT2D eigenvalue weighted by molar-refractivity contribution is 7.90. The molecule has 3 aromatic rings. The maximum Gasteiger partial charge on any atom is 0.401 e. The van der Waals surface area contributed by atoms with E-state index in [0.717, 1.165) is 17.6 Å². The van der Waals surface area contributed by atoms with Gasteiger partial charge in [-0.1, -0.05) is 24.0 Å². The van der Waals surface area contributed by atoms with Gasteiger partial charge in [0, 0.05) is 31.5 Å². The van der Waals surface area contributed by atoms with Crippen molar-refractivity contribution in [2.45, 2.75) is 42.6 Å². The Morgan fingerprint density at radius 2 is 1.76 bits per heavy atom. The van der Waals surface area contributed by atoms with Crippen LogP contribution < -0.4 is 15.4 Å². The van der Waals surface area contributed by atoms with Gasteiger partial charge in [-0.15, -0.1) is 11.3 Å². The van der Waals surface area contributed by atoms with Crippen LogP contribution >= 0.6 is 11.3 Å². The summed E-state index contributed by atoms with van der Waals surface area (Å²) < 4.78 is 108. The van der Waals surface area contributed by atoms with E-state index in [1.807, 2.05) is 0 Å². The van der Waals surface area contributed by atoms with Crippen molar-refractivity contribution in [3.8, 4) is 17.6 Å². The summed E-state index contributed by atoms with van der Waals surface area (Å²) in [6.07, 6.45) is -7.87. The first-order valence-electron chi connectivity index (χ1n) is 12.9. The number of benzene rings is 2. The van der Waals surface area contributed by atoms with Crippen LogP contribution in [0.5, 0.6) is 5.75 Å². The number of rotatable bonds is 8. The third kappa shape index (κ3) is 8.45. The number of ether oxygens (including phenoxy) is 1. The lowest BCUT2D eigenvalue weighted by Crippen LogP contribution is -2.43. The number of thiophene rings is 1. The van der Waals surface area contributed by atoms with E-state index < -0.39 is 35.2 Å². The average molecular weight is 634 g/mol. The first kappa shape index (κ1) is 31.8. The van der Waals surface area contributed by atoms with Gasteiger partial charge in [0.2, 0.25) is 0 Å². The number of nitrogens with zero attached hydrogens (tertiary/aromatic N) is 1. The molecule has 0 unspecified atom stereocenters. The molecule has 0 bridgehead atoms. The second-order valence-electron chi connectivity index (χ2n) is 9.98. The zero-order chi connectivity index (χ0) is 30.7. The fourth-order valence-electron chi connectivity index (χ4n) is 4.78. The summed E-state index contributed by atoms with van der Waals surface area (Å²) >= 11 is 1.13. The van der Waals surface area contributed by atoms with Crippen molar-refractivity contribution in [3.63, 3.8) is 0 Å². The average Bonchev–Trinajstić information content (AvgIpc) is 3.23. The molecule has 4 rings (SSSR count). The fraction of sp³-hybridized carbons (Fsp3) is 0.429. The van der Waals surface area contributed by atoms with Gasteiger partial charge >= 0.3 is 12.4 Å². The highest BCUT2D eigenvalue weighted by atomic mass is 32.2. The Kier molecular flexibility index (Phi) is 9.54. The van der Waals surface area contributed by atoms with E-state index in [1.165, 1.54) is 30.2 Å². The Morgan fingerprint density at radius 3 is 2.38 bits per heavy atom. The van der Waals surface area contributed by atoms with Crippen LogP contribution in [0.3, 0.4) is 0 Å². The Labute approximate surface area is 244 Å². The zero-order valence-corrected chi connectivity index (χ0v) is 24.4. The molecule has 0 amide bonds. The molecule has 228 valence electrons. The van der Waals surface area contributed by atoms with Crippen LogP contribution in [0.1, 0.15) is 23.3 Å². The number of nitrogens with one attached hydrogen (secondary N) is 2. The number of hydrogen-bond donors (Lipinski definition) is 2. The van der Waals surface area contributed by atoms with E-state index >= 15 is 0 Å². The molecule has 1 aromatic heterocycles. The van der Waals surface area contributed by atoms with Crippen LogP contribution in [0.2, 0.25) is 0 Å². The van der Waals surface area contributed by atoms with Crippen LogP contribution in [-0.4, -0.2) is 71.3 Å². The summed E-state index contributed by atoms with van der Waals surface area (Å²) in [5, 5.41) is 6.75. The maximum atomic E-state index is 13.6. The number of fused-ring (bicyclic) bond motifs is 1. The number of likely N-dealkylation sites (tertiary alicyclic amines) is 1. The summed E-state index contributed by atoms with van der Waals surface area (Å²) in [7, 11) is -2.06. The largest absolute Gasteiger partial charge is 0.495 e. The summed E-state index contributed by atoms with van der Waals surface area (Å²) in [5.74, 6) is 5.98. The molecule has 14 heteroatoms. The van der Waals surface area contributed by atoms with Crippen molar-refractivity contribution in [2.24, 2.45) is 0 Å². The molecule has 0 atom stereocenters. The maximum absolute atomic E-state index is 13.6. The van der Waals surface area contributed by atoms with Crippen LogP contribution in [-0.2, 0) is 16.3 Å². The highest BCUT2D eigenvalue weighted by Gasteiger charge is 2.33. The van der Waals surface area contributed by atoms with Crippen molar-refractivity contribution in [1.29, 1.82) is 0 Å². The molecule has 2 aromatic carbocycles. The Bertz CT molecular complexity index is 1580. The fourth-order valence-corrected chi connectivity index (χ4v) is 6.59. The van der Waals surface area contributed by atoms with Crippen molar-refractivity contribution in [1.82, 2.24) is 4.90 Å². The van der Waals surface area contributed by atoms with Gasteiger partial charge in [0.15, 0.2) is 9.84 Å². The van der Waals surface area contributed by atoms with Gasteiger partial charge in [0.25, 0.3) is 0 Å². The molecule has 1 aliphatic heterocycles. The van der Waals surface area contributed by atoms with Gasteiger partial charge < -0.3 is 15.4 Å². The van der Waals surface area contributed by atoms with E-state index in [9.17, 15) is 34.8 Å². The predicted octanol–water partition coefficient (Wildman–Crippen LogP) is 6.32. The van der Waals surface area contributed by atoms with E-state index in [1.54, 1.807) is 18.2 Å². The Hall–Kier alpha value is -3.15. The molecular weight excluding hydrogens is 604 g/mol. The summed E-state index contributed by atoms with van der Waals surface area (Å²) in [6, 6.07) is 9.21. The van der Waals surface area contributed by atoms with Gasteiger partial charge in [-0.05, 0) is 42.0 Å². The van der Waals surface area contributed by atoms with Gasteiger partial charge in [-0.2, -0.15) is 26.3 Å². The van der Waals surface area contributed by atoms with Crippen LogP contribution in [0.4, 0.5) is 37.7 Å². The minimum atomic E-state index is -4.47. The Morgan fingerprint density at radius 1 is 1.05 bits per heavy atom. The molecule has 2 N–H and O–H groups in total. The molecule has 1 fully saturated rings. The molecule has 2 heterocycles. The third-order valence-corrected chi connectivity index (χ3v) is 9.02. The SMILES string of the molecule is COc1cc(S(C)(=O)=O)ccc1NCC#Cc1sc2c(NC3CCN(CC(F)(F)F)CC3)cccc2c1CC(F)(F)F. The first-order valence-corrected chi connectivity index (χ1v) is 15.6. The number of alkyl halides is 6. The van der Waals surface area contributed by atoms with Gasteiger partial charge in [0.1, 0.15) is 5.75 Å². The molecule has 1 aliphatic rings. The number of anilines is 2. The van der Waals surface area contributed by atoms with E-state index in [0.29, 0.717) is 34.3 Å². The minimum absolute atomic E-state index is 0.0515. The van der Waals surface area contributed by atoms with Gasteiger partial charge in [0.05, 0.1) is 52.5 Å². The molecule has 6 nitrogen and oxygen atoms in total. The number of methoxy groups -OCH3 is 1. The monoisotopic (exact) mass is 633 g/mol. The van der Waals surface area contributed by atoms with E-state index in [2.05, 4.69) is 22.5 Å². The number of piperidine rings is 1. The van der Waals surface area contributed by atoms with Gasteiger partial charge in [-0.3, -0.25) is 4.90 Å². The topological polar surface area (TPSA) is 70.7 Å². The summed E-state index contributed by atoms with van der Waals surface area (Å²) in [6.45, 7) is -0.378. The van der Waals surface area contributed by atoms with E-state index in [4.69, 9.17) is 4.74 Å². The van der Waals surface area contributed by atoms with Crippen molar-refractivity contribution in [3.05, 3.63) is 46.8 Å². The molecular formula is C28H29F6N3O3S2. The standard InChI is InChI=1S/C28H29F6N3O3S2/c1-40-24-15-19(42(2,38)39)8-9-22(24)35-12-4-7-25-21(16-27(29,30)31)20-5-3-6-23(26(20)41-25)36-18-10-13-37(14-11-18)17-28(32,33)34/h3,5-6,8-9,15,18,35-36H,10-14,16-17H2,1-2H3. The van der Waals surface area contributed by atoms with Crippen LogP contribution in [0.15, 0.2) is 41.3 Å². The highest BCUT2D eigenvalue weighted by Crippen LogP contribution is 2.39. The minimum Gasteiger partial charge on any atom is -0.495 e. The van der Waals surface area contributed by atoms with E-state index in [-0.39, 0.29) is 46.8 Å². The lowest BCUT2D eigenvalue weighted by Gasteiger charge is -2.33. The smallest absolute Gasteiger partial charge is 0.401 e. The van der Waals surface area contributed by atoms with Crippen molar-refractivity contribution in [2.75, 3.05) is 50.2 Å². The molecule has 0 aliphatic carbocycles. The van der Waals surface area contributed by atoms with Crippen molar-refractivity contribution >= 4 is 42.6 Å². The number of halogens is 6. The first-order chi connectivity index (χ1) is 19.6. The second kappa shape index (κ2) is 12.6. The lowest BCUT2D eigenvalue weighted by atomic mass is 10.0. The molecule has 42 heavy (non-hydrogen) atoms. The summed E-state index contributed by atoms with van der Waals surface area (Å²) in [4.78, 5) is 1.69. The van der Waals surface area contributed by atoms with Crippen LogP contribution in [0, 0.1) is 11.8 Å². The third-order valence-electron chi connectivity index (χ3n) is 6.72.